The molecule has 2 atom stereocenters. The lowest BCUT2D eigenvalue weighted by Gasteiger charge is -2.18. The highest BCUT2D eigenvalue weighted by molar-refractivity contribution is 5.99. The molecule has 0 radical (unpaired) electrons. The van der Waals surface area contributed by atoms with Crippen LogP contribution in [0.1, 0.15) is 42.4 Å². The highest BCUT2D eigenvalue weighted by Crippen LogP contribution is 2.31. The monoisotopic (exact) mass is 432 g/mol. The maximum absolute atomic E-state index is 13.1. The van der Waals surface area contributed by atoms with Crippen LogP contribution in [-0.2, 0) is 4.74 Å². The summed E-state index contributed by atoms with van der Waals surface area (Å²) in [6.07, 6.45) is 9.07. The number of pyridine rings is 1. The van der Waals surface area contributed by atoms with Crippen LogP contribution >= 0.6 is 0 Å². The third kappa shape index (κ3) is 3.64. The van der Waals surface area contributed by atoms with Gasteiger partial charge in [0.15, 0.2) is 17.3 Å². The first-order valence-corrected chi connectivity index (χ1v) is 10.7. The van der Waals surface area contributed by atoms with Crippen LogP contribution in [0.4, 0.5) is 5.82 Å². The van der Waals surface area contributed by atoms with Crippen LogP contribution in [-0.4, -0.2) is 42.8 Å². The lowest BCUT2D eigenvalue weighted by molar-refractivity contribution is 0.0607. The molecule has 4 aromatic heterocycles. The molecule has 1 fully saturated rings. The molecule has 0 spiro atoms. The number of rotatable bonds is 6. The Bertz CT molecular complexity index is 1270. The summed E-state index contributed by atoms with van der Waals surface area (Å²) in [4.78, 5) is 30.9. The topological polar surface area (TPSA) is 121 Å². The van der Waals surface area contributed by atoms with E-state index in [1.54, 1.807) is 6.20 Å². The van der Waals surface area contributed by atoms with Gasteiger partial charge in [-0.15, -0.1) is 0 Å². The van der Waals surface area contributed by atoms with Crippen molar-refractivity contribution < 1.29 is 13.9 Å². The number of carbonyl (C=O) groups is 1. The lowest BCUT2D eigenvalue weighted by atomic mass is 9.95. The van der Waals surface area contributed by atoms with E-state index >= 15 is 0 Å². The first kappa shape index (κ1) is 20.3. The molecular weight excluding hydrogens is 408 g/mol. The Labute approximate surface area is 184 Å². The number of nitrogens with zero attached hydrogens (tertiary/aromatic N) is 5. The number of anilines is 1. The van der Waals surface area contributed by atoms with Crippen molar-refractivity contribution in [2.45, 2.75) is 39.2 Å². The molecule has 9 heteroatoms. The molecule has 2 N–H and O–H groups in total. The summed E-state index contributed by atoms with van der Waals surface area (Å²) in [6.45, 7) is 4.74. The van der Waals surface area contributed by atoms with Gasteiger partial charge in [0, 0.05) is 36.7 Å². The Balaban J connectivity index is 1.58. The number of ketones is 1. The third-order valence-electron chi connectivity index (χ3n) is 5.89. The number of fused-ring (bicyclic) bond motifs is 1. The van der Waals surface area contributed by atoms with Crippen LogP contribution in [0.15, 0.2) is 41.4 Å². The zero-order chi connectivity index (χ0) is 22.2. The minimum absolute atomic E-state index is 0.0615. The number of nitrogen functional groups attached to an aromatic ring is 1. The zero-order valence-electron chi connectivity index (χ0n) is 18.0. The van der Waals surface area contributed by atoms with E-state index in [9.17, 15) is 4.79 Å². The summed E-state index contributed by atoms with van der Waals surface area (Å²) in [6, 6.07) is 3.78. The molecule has 0 saturated carbocycles. The van der Waals surface area contributed by atoms with E-state index < -0.39 is 0 Å². The van der Waals surface area contributed by atoms with Crippen LogP contribution in [0.2, 0.25) is 0 Å². The molecular formula is C23H24N6O3. The average molecular weight is 432 g/mol. The van der Waals surface area contributed by atoms with Gasteiger partial charge in [0.25, 0.3) is 0 Å². The smallest absolute Gasteiger partial charge is 0.247 e. The van der Waals surface area contributed by atoms with Crippen LogP contribution in [0, 0.1) is 12.8 Å². The highest BCUT2D eigenvalue weighted by atomic mass is 16.5. The Morgan fingerprint density at radius 1 is 1.28 bits per heavy atom. The summed E-state index contributed by atoms with van der Waals surface area (Å²) in [5, 5.41) is 0. The largest absolute Gasteiger partial charge is 0.443 e. The van der Waals surface area contributed by atoms with Crippen molar-refractivity contribution in [3.8, 4) is 22.8 Å². The van der Waals surface area contributed by atoms with E-state index in [2.05, 4.69) is 19.9 Å². The number of hydrogen-bond donors (Lipinski definition) is 1. The van der Waals surface area contributed by atoms with E-state index in [0.717, 1.165) is 36.4 Å². The van der Waals surface area contributed by atoms with Crippen LogP contribution < -0.4 is 5.73 Å². The molecule has 164 valence electrons. The lowest BCUT2D eigenvalue weighted by Crippen LogP contribution is -2.21. The molecule has 0 aromatic carbocycles. The highest BCUT2D eigenvalue weighted by Gasteiger charge is 2.28. The van der Waals surface area contributed by atoms with Crippen LogP contribution in [0.25, 0.3) is 28.5 Å². The number of aryl methyl sites for hydroxylation is 1. The van der Waals surface area contributed by atoms with E-state index in [-0.39, 0.29) is 35.2 Å². The summed E-state index contributed by atoms with van der Waals surface area (Å²) >= 11 is 0. The number of aromatic nitrogens is 5. The fraction of sp³-hybridized carbons (Fsp3) is 0.348. The number of nitrogens with two attached hydrogens (primary N) is 1. The first-order chi connectivity index (χ1) is 15.5. The fourth-order valence-electron chi connectivity index (χ4n) is 4.16. The first-order valence-electron chi connectivity index (χ1n) is 10.7. The number of Topliss-reactive ketones (excluding diaryl/α,β-unsaturated/α-hetero) is 1. The second-order valence-electron chi connectivity index (χ2n) is 8.19. The van der Waals surface area contributed by atoms with Crippen molar-refractivity contribution in [2.24, 2.45) is 5.92 Å². The van der Waals surface area contributed by atoms with Gasteiger partial charge in [0.05, 0.1) is 12.3 Å². The third-order valence-corrected chi connectivity index (χ3v) is 5.89. The maximum Gasteiger partial charge on any atom is 0.247 e. The Morgan fingerprint density at radius 3 is 2.91 bits per heavy atom. The van der Waals surface area contributed by atoms with Crippen molar-refractivity contribution in [3.05, 3.63) is 48.4 Å². The summed E-state index contributed by atoms with van der Waals surface area (Å²) in [5.41, 5.74) is 9.75. The Morgan fingerprint density at radius 2 is 2.16 bits per heavy atom. The predicted molar refractivity (Wildman–Crippen MR) is 118 cm³/mol. The quantitative estimate of drug-likeness (QED) is 0.458. The van der Waals surface area contributed by atoms with Gasteiger partial charge in [-0.05, 0) is 37.8 Å². The van der Waals surface area contributed by atoms with Crippen molar-refractivity contribution in [2.75, 3.05) is 12.3 Å². The summed E-state index contributed by atoms with van der Waals surface area (Å²) in [5.74, 6) is 0.267. The molecule has 1 saturated heterocycles. The number of oxazole rings is 1. The molecule has 4 aromatic rings. The average Bonchev–Trinajstić information content (AvgIpc) is 3.56. The number of hydrogen-bond acceptors (Lipinski definition) is 8. The van der Waals surface area contributed by atoms with E-state index in [0.29, 0.717) is 17.8 Å². The molecule has 0 aliphatic carbocycles. The molecule has 1 aliphatic rings. The van der Waals surface area contributed by atoms with Crippen molar-refractivity contribution in [1.82, 2.24) is 24.3 Å². The predicted octanol–water partition coefficient (Wildman–Crippen LogP) is 3.72. The molecule has 32 heavy (non-hydrogen) atoms. The second-order valence-corrected chi connectivity index (χ2v) is 8.19. The molecule has 0 amide bonds. The standard InChI is InChI=1S/C23H24N6O3/c1-13(17-4-3-8-31-17)10-16(30)20-22(24)28-21(23-25-7-9-32-23)19(27-20)15-5-6-18-26-11-14(2)29(18)12-15/h5-7,9,11-13,17H,3-4,8,10H2,1-2H3,(H2,24,28). The fourth-order valence-corrected chi connectivity index (χ4v) is 4.16. The van der Waals surface area contributed by atoms with Gasteiger partial charge in [0.1, 0.15) is 23.3 Å². The van der Waals surface area contributed by atoms with E-state index in [1.165, 1.54) is 12.5 Å². The number of imidazole rings is 1. The van der Waals surface area contributed by atoms with Crippen LogP contribution in [0.5, 0.6) is 0 Å². The van der Waals surface area contributed by atoms with Gasteiger partial charge in [-0.3, -0.25) is 4.79 Å². The molecule has 5 rings (SSSR count). The number of ether oxygens (including phenoxy) is 1. The normalized spacial score (nSPS) is 17.1. The molecule has 9 nitrogen and oxygen atoms in total. The second kappa shape index (κ2) is 8.16. The Kier molecular flexibility index (Phi) is 5.18. The SMILES string of the molecule is Cc1cnc2ccc(-c3nc(C(=O)CC(C)C4CCCO4)c(N)nc3-c3ncco3)cn12. The Hall–Kier alpha value is -3.59. The number of carbonyl (C=O) groups excluding carboxylic acids is 1. The van der Waals surface area contributed by atoms with Gasteiger partial charge in [-0.25, -0.2) is 19.9 Å². The molecule has 2 unspecified atom stereocenters. The van der Waals surface area contributed by atoms with Crippen molar-refractivity contribution in [1.29, 1.82) is 0 Å². The van der Waals surface area contributed by atoms with Crippen molar-refractivity contribution >= 4 is 17.2 Å². The van der Waals surface area contributed by atoms with Gasteiger partial charge in [-0.1, -0.05) is 6.92 Å². The van der Waals surface area contributed by atoms with Gasteiger partial charge in [-0.2, -0.15) is 0 Å². The van der Waals surface area contributed by atoms with Gasteiger partial charge in [0.2, 0.25) is 5.89 Å². The van der Waals surface area contributed by atoms with Gasteiger partial charge >= 0.3 is 0 Å². The molecule has 5 heterocycles. The molecule has 0 bridgehead atoms. The minimum atomic E-state index is -0.155. The van der Waals surface area contributed by atoms with Crippen molar-refractivity contribution in [3.63, 3.8) is 0 Å². The minimum Gasteiger partial charge on any atom is -0.443 e. The van der Waals surface area contributed by atoms with Gasteiger partial charge < -0.3 is 19.3 Å². The van der Waals surface area contributed by atoms with Crippen LogP contribution in [0.3, 0.4) is 0 Å². The maximum atomic E-state index is 13.1. The van der Waals surface area contributed by atoms with E-state index in [4.69, 9.17) is 14.9 Å². The zero-order valence-corrected chi connectivity index (χ0v) is 18.0. The van der Waals surface area contributed by atoms with E-state index in [1.807, 2.05) is 36.6 Å². The molecule has 1 aliphatic heterocycles. The summed E-state index contributed by atoms with van der Waals surface area (Å²) < 4.78 is 13.2. The summed E-state index contributed by atoms with van der Waals surface area (Å²) in [7, 11) is 0.